The fourth-order valence-corrected chi connectivity index (χ4v) is 3.16. The third-order valence-electron chi connectivity index (χ3n) is 3.29. The molecular formula is C12H25NO3S. The Hall–Kier alpha value is -0.130. The quantitative estimate of drug-likeness (QED) is 0.718. The number of nitrogens with one attached hydrogen (secondary N) is 1. The predicted molar refractivity (Wildman–Crippen MR) is 70.0 cm³/mol. The summed E-state index contributed by atoms with van der Waals surface area (Å²) in [6.45, 7) is 5.53. The lowest BCUT2D eigenvalue weighted by molar-refractivity contribution is 0.0759. The van der Waals surface area contributed by atoms with Gasteiger partial charge in [-0.3, -0.25) is 0 Å². The van der Waals surface area contributed by atoms with E-state index in [1.165, 1.54) is 0 Å². The van der Waals surface area contributed by atoms with Crippen LogP contribution in [0.1, 0.15) is 39.5 Å². The molecule has 0 saturated carbocycles. The van der Waals surface area contributed by atoms with Gasteiger partial charge in [0.05, 0.1) is 11.9 Å². The molecule has 4 nitrogen and oxygen atoms in total. The lowest BCUT2D eigenvalue weighted by Gasteiger charge is -2.23. The van der Waals surface area contributed by atoms with Crippen LogP contribution in [0.5, 0.6) is 0 Å². The van der Waals surface area contributed by atoms with Crippen LogP contribution in [0.25, 0.3) is 0 Å². The van der Waals surface area contributed by atoms with Gasteiger partial charge in [0.25, 0.3) is 0 Å². The van der Waals surface area contributed by atoms with Crippen molar-refractivity contribution in [1.82, 2.24) is 5.32 Å². The number of ether oxygens (including phenoxy) is 1. The van der Waals surface area contributed by atoms with Crippen molar-refractivity contribution in [2.24, 2.45) is 0 Å². The molecule has 1 fully saturated rings. The van der Waals surface area contributed by atoms with Crippen molar-refractivity contribution in [1.29, 1.82) is 0 Å². The van der Waals surface area contributed by atoms with E-state index in [9.17, 15) is 8.42 Å². The molecular weight excluding hydrogens is 238 g/mol. The Morgan fingerprint density at radius 1 is 1.41 bits per heavy atom. The first-order valence-electron chi connectivity index (χ1n) is 6.64. The van der Waals surface area contributed by atoms with Gasteiger partial charge in [-0.15, -0.1) is 0 Å². The Kier molecular flexibility index (Phi) is 6.44. The molecule has 0 aromatic carbocycles. The number of hydrogen-bond acceptors (Lipinski definition) is 4. The van der Waals surface area contributed by atoms with Crippen molar-refractivity contribution >= 4 is 9.84 Å². The molecule has 0 aromatic heterocycles. The molecule has 102 valence electrons. The van der Waals surface area contributed by atoms with Crippen LogP contribution in [-0.2, 0) is 14.6 Å². The van der Waals surface area contributed by atoms with Crippen molar-refractivity contribution < 1.29 is 13.2 Å². The lowest BCUT2D eigenvalue weighted by Crippen LogP contribution is -2.39. The van der Waals surface area contributed by atoms with Gasteiger partial charge in [-0.05, 0) is 32.2 Å². The maximum Gasteiger partial charge on any atom is 0.150 e. The average molecular weight is 263 g/mol. The van der Waals surface area contributed by atoms with Gasteiger partial charge in [-0.25, -0.2) is 8.42 Å². The van der Waals surface area contributed by atoms with E-state index in [1.807, 2.05) is 0 Å². The van der Waals surface area contributed by atoms with Gasteiger partial charge < -0.3 is 10.1 Å². The second kappa shape index (κ2) is 7.34. The summed E-state index contributed by atoms with van der Waals surface area (Å²) in [7, 11) is -2.82. The standard InChI is InChI=1S/C12H25NO3S/c1-3-13-11(12-8-5-9-16-12)7-6-10-17(14,15)4-2/h11-13H,3-10H2,1-2H3. The van der Waals surface area contributed by atoms with Crippen molar-refractivity contribution in [2.45, 2.75) is 51.7 Å². The molecule has 1 aliphatic heterocycles. The van der Waals surface area contributed by atoms with Crippen molar-refractivity contribution in [3.8, 4) is 0 Å². The van der Waals surface area contributed by atoms with E-state index in [0.29, 0.717) is 11.8 Å². The normalized spacial score (nSPS) is 22.8. The van der Waals surface area contributed by atoms with Gasteiger partial charge >= 0.3 is 0 Å². The Balaban J connectivity index is 2.34. The minimum atomic E-state index is -2.82. The summed E-state index contributed by atoms with van der Waals surface area (Å²) < 4.78 is 28.5. The summed E-state index contributed by atoms with van der Waals surface area (Å²) in [6, 6.07) is 0.314. The maximum atomic E-state index is 11.4. The smallest absolute Gasteiger partial charge is 0.150 e. The van der Waals surface area contributed by atoms with Gasteiger partial charge in [0.15, 0.2) is 0 Å². The summed E-state index contributed by atoms with van der Waals surface area (Å²) in [6.07, 6.45) is 4.11. The van der Waals surface area contributed by atoms with Crippen molar-refractivity contribution in [3.63, 3.8) is 0 Å². The van der Waals surface area contributed by atoms with Gasteiger partial charge in [-0.2, -0.15) is 0 Å². The Morgan fingerprint density at radius 2 is 2.18 bits per heavy atom. The SMILES string of the molecule is CCNC(CCCS(=O)(=O)CC)C1CCCO1. The first kappa shape index (κ1) is 14.9. The molecule has 0 aliphatic carbocycles. The van der Waals surface area contributed by atoms with Crippen LogP contribution in [0.4, 0.5) is 0 Å². The zero-order valence-corrected chi connectivity index (χ0v) is 11.8. The minimum Gasteiger partial charge on any atom is -0.377 e. The van der Waals surface area contributed by atoms with Crippen LogP contribution in [0, 0.1) is 0 Å². The highest BCUT2D eigenvalue weighted by atomic mass is 32.2. The van der Waals surface area contributed by atoms with E-state index in [4.69, 9.17) is 4.74 Å². The van der Waals surface area contributed by atoms with E-state index in [2.05, 4.69) is 12.2 Å². The number of likely N-dealkylation sites (N-methyl/N-ethyl adjacent to an activating group) is 1. The zero-order chi connectivity index (χ0) is 12.7. The third-order valence-corrected chi connectivity index (χ3v) is 5.08. The van der Waals surface area contributed by atoms with Crippen LogP contribution < -0.4 is 5.32 Å². The Labute approximate surface area is 105 Å². The van der Waals surface area contributed by atoms with Gasteiger partial charge in [-0.1, -0.05) is 13.8 Å². The molecule has 1 heterocycles. The molecule has 1 rings (SSSR count). The van der Waals surface area contributed by atoms with Crippen LogP contribution in [0.15, 0.2) is 0 Å². The fourth-order valence-electron chi connectivity index (χ4n) is 2.27. The molecule has 0 amide bonds. The fraction of sp³-hybridized carbons (Fsp3) is 1.00. The average Bonchev–Trinajstić information content (AvgIpc) is 2.81. The van der Waals surface area contributed by atoms with E-state index in [0.717, 1.165) is 38.8 Å². The summed E-state index contributed by atoms with van der Waals surface area (Å²) in [5, 5.41) is 3.41. The highest BCUT2D eigenvalue weighted by molar-refractivity contribution is 7.91. The van der Waals surface area contributed by atoms with Crippen LogP contribution in [0.3, 0.4) is 0 Å². The molecule has 0 aromatic rings. The monoisotopic (exact) mass is 263 g/mol. The van der Waals surface area contributed by atoms with Crippen LogP contribution >= 0.6 is 0 Å². The van der Waals surface area contributed by atoms with Crippen molar-refractivity contribution in [3.05, 3.63) is 0 Å². The molecule has 1 aliphatic rings. The van der Waals surface area contributed by atoms with Gasteiger partial charge in [0.1, 0.15) is 9.84 Å². The molecule has 0 bridgehead atoms. The summed E-state index contributed by atoms with van der Waals surface area (Å²) in [5.41, 5.74) is 0. The Bertz CT molecular complexity index is 297. The van der Waals surface area contributed by atoms with E-state index in [-0.39, 0.29) is 11.9 Å². The minimum absolute atomic E-state index is 0.249. The van der Waals surface area contributed by atoms with Crippen LogP contribution in [0.2, 0.25) is 0 Å². The molecule has 2 atom stereocenters. The highest BCUT2D eigenvalue weighted by Gasteiger charge is 2.25. The first-order chi connectivity index (χ1) is 8.09. The molecule has 1 saturated heterocycles. The zero-order valence-electron chi connectivity index (χ0n) is 10.9. The summed E-state index contributed by atoms with van der Waals surface area (Å²) >= 11 is 0. The van der Waals surface area contributed by atoms with E-state index in [1.54, 1.807) is 6.92 Å². The number of rotatable bonds is 8. The van der Waals surface area contributed by atoms with Gasteiger partial charge in [0.2, 0.25) is 0 Å². The predicted octanol–water partition coefficient (Wildman–Crippen LogP) is 1.36. The molecule has 5 heteroatoms. The summed E-state index contributed by atoms with van der Waals surface area (Å²) in [5.74, 6) is 0.552. The van der Waals surface area contributed by atoms with Crippen LogP contribution in [-0.4, -0.2) is 45.2 Å². The first-order valence-corrected chi connectivity index (χ1v) is 8.46. The lowest BCUT2D eigenvalue weighted by atomic mass is 10.0. The molecule has 0 spiro atoms. The van der Waals surface area contributed by atoms with E-state index >= 15 is 0 Å². The highest BCUT2D eigenvalue weighted by Crippen LogP contribution is 2.19. The third kappa shape index (κ3) is 5.36. The number of hydrogen-bond donors (Lipinski definition) is 1. The van der Waals surface area contributed by atoms with Crippen molar-refractivity contribution in [2.75, 3.05) is 24.7 Å². The molecule has 0 radical (unpaired) electrons. The molecule has 1 N–H and O–H groups in total. The Morgan fingerprint density at radius 3 is 2.71 bits per heavy atom. The molecule has 17 heavy (non-hydrogen) atoms. The van der Waals surface area contributed by atoms with Gasteiger partial charge in [0, 0.05) is 18.4 Å². The summed E-state index contributed by atoms with van der Waals surface area (Å²) in [4.78, 5) is 0. The maximum absolute atomic E-state index is 11.4. The second-order valence-electron chi connectivity index (χ2n) is 4.59. The number of sulfone groups is 1. The molecule has 2 unspecified atom stereocenters. The van der Waals surface area contributed by atoms with E-state index < -0.39 is 9.84 Å². The topological polar surface area (TPSA) is 55.4 Å². The second-order valence-corrected chi connectivity index (χ2v) is 7.07. The largest absolute Gasteiger partial charge is 0.377 e.